The molecular formula is C19H32N2O. The zero-order valence-corrected chi connectivity index (χ0v) is 15.1. The predicted octanol–water partition coefficient (Wildman–Crippen LogP) is 5.59. The second kappa shape index (κ2) is 8.82. The third-order valence-corrected chi connectivity index (χ3v) is 4.06. The smallest absolute Gasteiger partial charge is 0.321 e. The van der Waals surface area contributed by atoms with E-state index in [0.717, 1.165) is 31.6 Å². The first-order valence-corrected chi connectivity index (χ1v) is 8.60. The summed E-state index contributed by atoms with van der Waals surface area (Å²) >= 11 is 0. The molecule has 22 heavy (non-hydrogen) atoms. The molecule has 1 aromatic rings. The van der Waals surface area contributed by atoms with Crippen molar-refractivity contribution in [3.05, 3.63) is 29.3 Å². The van der Waals surface area contributed by atoms with Gasteiger partial charge in [0.15, 0.2) is 0 Å². The lowest BCUT2D eigenvalue weighted by Gasteiger charge is -2.23. The Kier molecular flexibility index (Phi) is 7.43. The maximum atomic E-state index is 12.5. The van der Waals surface area contributed by atoms with Crippen LogP contribution in [0.4, 0.5) is 10.5 Å². The Morgan fingerprint density at radius 3 is 2.32 bits per heavy atom. The molecule has 2 amide bonds. The molecular weight excluding hydrogens is 272 g/mol. The van der Waals surface area contributed by atoms with Gasteiger partial charge in [0, 0.05) is 18.8 Å². The van der Waals surface area contributed by atoms with Crippen LogP contribution in [-0.2, 0) is 0 Å². The number of unbranched alkanes of at least 4 members (excludes halogenated alkanes) is 1. The van der Waals surface area contributed by atoms with Crippen LogP contribution < -0.4 is 5.32 Å². The lowest BCUT2D eigenvalue weighted by atomic mass is 9.94. The zero-order valence-electron chi connectivity index (χ0n) is 15.1. The Morgan fingerprint density at radius 1 is 1.14 bits per heavy atom. The molecule has 0 heterocycles. The molecule has 0 aliphatic heterocycles. The number of amides is 2. The average molecular weight is 304 g/mol. The van der Waals surface area contributed by atoms with Gasteiger partial charge in [-0.2, -0.15) is 0 Å². The summed E-state index contributed by atoms with van der Waals surface area (Å²) in [5.74, 6) is 0.888. The second-order valence-electron chi connectivity index (χ2n) is 6.52. The number of hydrogen-bond acceptors (Lipinski definition) is 1. The van der Waals surface area contributed by atoms with Crippen molar-refractivity contribution in [3.8, 4) is 0 Å². The van der Waals surface area contributed by atoms with Gasteiger partial charge >= 0.3 is 6.03 Å². The Balaban J connectivity index is 2.93. The second-order valence-corrected chi connectivity index (χ2v) is 6.52. The normalized spacial score (nSPS) is 11.1. The zero-order chi connectivity index (χ0) is 16.7. The highest BCUT2D eigenvalue weighted by Gasteiger charge is 2.15. The predicted molar refractivity (Wildman–Crippen MR) is 95.8 cm³/mol. The summed E-state index contributed by atoms with van der Waals surface area (Å²) in [6.45, 7) is 14.5. The average Bonchev–Trinajstić information content (AvgIpc) is 2.47. The summed E-state index contributed by atoms with van der Waals surface area (Å²) in [6, 6.07) is 6.41. The minimum atomic E-state index is 0.00940. The fourth-order valence-corrected chi connectivity index (χ4v) is 2.48. The number of urea groups is 1. The van der Waals surface area contributed by atoms with Gasteiger partial charge in [-0.25, -0.2) is 4.79 Å². The van der Waals surface area contributed by atoms with Crippen molar-refractivity contribution in [1.29, 1.82) is 0 Å². The molecule has 0 bridgehead atoms. The van der Waals surface area contributed by atoms with Crippen LogP contribution in [0.2, 0.25) is 0 Å². The molecule has 0 atom stereocenters. The Hall–Kier alpha value is -1.51. The van der Waals surface area contributed by atoms with Crippen LogP contribution in [0.5, 0.6) is 0 Å². The quantitative estimate of drug-likeness (QED) is 0.700. The van der Waals surface area contributed by atoms with Crippen molar-refractivity contribution >= 4 is 11.7 Å². The molecule has 1 aromatic carbocycles. The summed E-state index contributed by atoms with van der Waals surface area (Å²) in [5.41, 5.74) is 3.48. The van der Waals surface area contributed by atoms with Crippen molar-refractivity contribution < 1.29 is 4.79 Å². The summed E-state index contributed by atoms with van der Waals surface area (Å²) in [4.78, 5) is 14.3. The van der Waals surface area contributed by atoms with Gasteiger partial charge in [-0.05, 0) is 42.4 Å². The van der Waals surface area contributed by atoms with E-state index in [1.165, 1.54) is 11.1 Å². The molecule has 1 N–H and O–H groups in total. The molecule has 0 fully saturated rings. The van der Waals surface area contributed by atoms with Crippen LogP contribution in [0.15, 0.2) is 18.2 Å². The van der Waals surface area contributed by atoms with Crippen molar-refractivity contribution in [2.24, 2.45) is 0 Å². The molecule has 0 saturated carbocycles. The number of anilines is 1. The molecule has 124 valence electrons. The highest BCUT2D eigenvalue weighted by molar-refractivity contribution is 5.90. The van der Waals surface area contributed by atoms with Crippen molar-refractivity contribution in [1.82, 2.24) is 4.90 Å². The molecule has 0 radical (unpaired) electrons. The van der Waals surface area contributed by atoms with E-state index in [0.29, 0.717) is 11.8 Å². The summed E-state index contributed by atoms with van der Waals surface area (Å²) in [5, 5.41) is 3.10. The van der Waals surface area contributed by atoms with Crippen LogP contribution in [-0.4, -0.2) is 24.0 Å². The van der Waals surface area contributed by atoms with E-state index in [2.05, 4.69) is 58.1 Å². The van der Waals surface area contributed by atoms with E-state index in [-0.39, 0.29) is 6.03 Å². The lowest BCUT2D eigenvalue weighted by Crippen LogP contribution is -2.35. The van der Waals surface area contributed by atoms with Gasteiger partial charge in [-0.15, -0.1) is 0 Å². The highest BCUT2D eigenvalue weighted by atomic mass is 16.2. The first kappa shape index (κ1) is 18.5. The SMILES string of the molecule is CCCCN(CC)C(=O)Nc1ccc(C(C)C)cc1C(C)C. The third-order valence-electron chi connectivity index (χ3n) is 4.06. The van der Waals surface area contributed by atoms with Gasteiger partial charge < -0.3 is 10.2 Å². The largest absolute Gasteiger partial charge is 0.325 e. The van der Waals surface area contributed by atoms with E-state index >= 15 is 0 Å². The van der Waals surface area contributed by atoms with Crippen molar-refractivity contribution in [2.75, 3.05) is 18.4 Å². The van der Waals surface area contributed by atoms with Crippen molar-refractivity contribution in [2.45, 2.75) is 66.2 Å². The first-order valence-electron chi connectivity index (χ1n) is 8.60. The maximum absolute atomic E-state index is 12.5. The molecule has 3 heteroatoms. The molecule has 1 rings (SSSR count). The molecule has 0 aliphatic carbocycles. The Labute approximate surface area is 136 Å². The highest BCUT2D eigenvalue weighted by Crippen LogP contribution is 2.28. The van der Waals surface area contributed by atoms with Crippen LogP contribution in [0.3, 0.4) is 0 Å². The standard InChI is InChI=1S/C19H32N2O/c1-7-9-12-21(8-2)19(22)20-18-11-10-16(14(3)4)13-17(18)15(5)6/h10-11,13-15H,7-9,12H2,1-6H3,(H,20,22). The van der Waals surface area contributed by atoms with E-state index in [1.807, 2.05) is 11.8 Å². The summed E-state index contributed by atoms with van der Waals surface area (Å²) < 4.78 is 0. The monoisotopic (exact) mass is 304 g/mol. The van der Waals surface area contributed by atoms with Gasteiger partial charge in [0.1, 0.15) is 0 Å². The summed E-state index contributed by atoms with van der Waals surface area (Å²) in [7, 11) is 0. The first-order chi connectivity index (χ1) is 10.4. The molecule has 0 aromatic heterocycles. The van der Waals surface area contributed by atoms with Gasteiger partial charge in [-0.1, -0.05) is 53.2 Å². The fraction of sp³-hybridized carbons (Fsp3) is 0.632. The number of nitrogens with one attached hydrogen (secondary N) is 1. The minimum absolute atomic E-state index is 0.00940. The van der Waals surface area contributed by atoms with E-state index < -0.39 is 0 Å². The summed E-state index contributed by atoms with van der Waals surface area (Å²) in [6.07, 6.45) is 2.15. The molecule has 0 aliphatic rings. The van der Waals surface area contributed by atoms with Crippen LogP contribution in [0.1, 0.15) is 77.3 Å². The number of rotatable bonds is 7. The maximum Gasteiger partial charge on any atom is 0.321 e. The topological polar surface area (TPSA) is 32.3 Å². The van der Waals surface area contributed by atoms with Crippen molar-refractivity contribution in [3.63, 3.8) is 0 Å². The molecule has 0 saturated heterocycles. The Morgan fingerprint density at radius 2 is 1.82 bits per heavy atom. The third kappa shape index (κ3) is 5.04. The molecule has 0 unspecified atom stereocenters. The van der Waals surface area contributed by atoms with Gasteiger partial charge in [0.05, 0.1) is 0 Å². The number of carbonyl (C=O) groups is 1. The number of carbonyl (C=O) groups excluding carboxylic acids is 1. The fourth-order valence-electron chi connectivity index (χ4n) is 2.48. The number of benzene rings is 1. The van der Waals surface area contributed by atoms with Crippen LogP contribution >= 0.6 is 0 Å². The number of hydrogen-bond donors (Lipinski definition) is 1. The van der Waals surface area contributed by atoms with E-state index in [1.54, 1.807) is 0 Å². The van der Waals surface area contributed by atoms with Gasteiger partial charge in [0.2, 0.25) is 0 Å². The van der Waals surface area contributed by atoms with Gasteiger partial charge in [0.25, 0.3) is 0 Å². The van der Waals surface area contributed by atoms with E-state index in [4.69, 9.17) is 0 Å². The van der Waals surface area contributed by atoms with Crippen LogP contribution in [0.25, 0.3) is 0 Å². The van der Waals surface area contributed by atoms with E-state index in [9.17, 15) is 4.79 Å². The minimum Gasteiger partial charge on any atom is -0.325 e. The molecule has 3 nitrogen and oxygen atoms in total. The van der Waals surface area contributed by atoms with Crippen LogP contribution in [0, 0.1) is 0 Å². The van der Waals surface area contributed by atoms with Gasteiger partial charge in [-0.3, -0.25) is 0 Å². The molecule has 0 spiro atoms. The number of nitrogens with zero attached hydrogens (tertiary/aromatic N) is 1. The lowest BCUT2D eigenvalue weighted by molar-refractivity contribution is 0.213. The Bertz CT molecular complexity index is 480.